The molecule has 0 aromatic carbocycles. The van der Waals surface area contributed by atoms with Crippen LogP contribution >= 0.6 is 0 Å². The molecule has 1 aliphatic heterocycles. The number of nitrogens with zero attached hydrogens (tertiary/aromatic N) is 2. The van der Waals surface area contributed by atoms with Gasteiger partial charge in [0.15, 0.2) is 0 Å². The minimum absolute atomic E-state index is 0.452. The van der Waals surface area contributed by atoms with E-state index in [0.29, 0.717) is 6.10 Å². The van der Waals surface area contributed by atoms with Crippen LogP contribution in [0.1, 0.15) is 19.3 Å². The summed E-state index contributed by atoms with van der Waals surface area (Å²) in [5.41, 5.74) is 0.973. The van der Waals surface area contributed by atoms with Crippen molar-refractivity contribution >= 4 is 11.5 Å². The molecule has 0 unspecified atom stereocenters. The maximum atomic E-state index is 5.89. The number of hydrogen-bond acceptors (Lipinski definition) is 4. The SMILES string of the molecule is c1cc(NCCCOC2CCNCC2)n2ccnc2c1. The molecule has 1 aliphatic rings. The van der Waals surface area contributed by atoms with E-state index in [-0.39, 0.29) is 0 Å². The molecule has 20 heavy (non-hydrogen) atoms. The van der Waals surface area contributed by atoms with Crippen LogP contribution in [0, 0.1) is 0 Å². The second kappa shape index (κ2) is 6.72. The molecule has 0 atom stereocenters. The van der Waals surface area contributed by atoms with Gasteiger partial charge in [0.25, 0.3) is 0 Å². The Morgan fingerprint density at radius 1 is 1.35 bits per heavy atom. The fourth-order valence-electron chi connectivity index (χ4n) is 2.59. The number of nitrogens with one attached hydrogen (secondary N) is 2. The van der Waals surface area contributed by atoms with Gasteiger partial charge in [-0.05, 0) is 44.5 Å². The summed E-state index contributed by atoms with van der Waals surface area (Å²) in [4.78, 5) is 4.28. The molecule has 2 aromatic heterocycles. The molecule has 5 heteroatoms. The highest BCUT2D eigenvalue weighted by atomic mass is 16.5. The Labute approximate surface area is 119 Å². The summed E-state index contributed by atoms with van der Waals surface area (Å²) in [6, 6.07) is 6.10. The minimum atomic E-state index is 0.452. The summed E-state index contributed by atoms with van der Waals surface area (Å²) >= 11 is 0. The number of rotatable bonds is 6. The van der Waals surface area contributed by atoms with E-state index >= 15 is 0 Å². The van der Waals surface area contributed by atoms with E-state index in [1.54, 1.807) is 0 Å². The Bertz CT molecular complexity index is 533. The summed E-state index contributed by atoms with van der Waals surface area (Å²) in [5, 5.41) is 6.79. The number of hydrogen-bond donors (Lipinski definition) is 2. The molecular formula is C15H22N4O. The number of piperidine rings is 1. The van der Waals surface area contributed by atoms with Gasteiger partial charge in [-0.3, -0.25) is 4.40 Å². The first kappa shape index (κ1) is 13.4. The summed E-state index contributed by atoms with van der Waals surface area (Å²) in [5.74, 6) is 1.09. The lowest BCUT2D eigenvalue weighted by molar-refractivity contribution is 0.0329. The third-order valence-electron chi connectivity index (χ3n) is 3.70. The second-order valence-electron chi connectivity index (χ2n) is 5.17. The average molecular weight is 274 g/mol. The molecule has 0 radical (unpaired) electrons. The fraction of sp³-hybridized carbons (Fsp3) is 0.533. The smallest absolute Gasteiger partial charge is 0.138 e. The molecule has 0 spiro atoms. The van der Waals surface area contributed by atoms with Crippen molar-refractivity contribution in [3.8, 4) is 0 Å². The van der Waals surface area contributed by atoms with Crippen molar-refractivity contribution < 1.29 is 4.74 Å². The van der Waals surface area contributed by atoms with E-state index in [0.717, 1.165) is 57.0 Å². The third-order valence-corrected chi connectivity index (χ3v) is 3.70. The Morgan fingerprint density at radius 3 is 3.15 bits per heavy atom. The zero-order valence-electron chi connectivity index (χ0n) is 11.7. The molecule has 0 aliphatic carbocycles. The predicted molar refractivity (Wildman–Crippen MR) is 80.1 cm³/mol. The maximum Gasteiger partial charge on any atom is 0.138 e. The zero-order valence-corrected chi connectivity index (χ0v) is 11.7. The van der Waals surface area contributed by atoms with Crippen LogP contribution in [0.15, 0.2) is 30.6 Å². The summed E-state index contributed by atoms with van der Waals surface area (Å²) in [6.45, 7) is 3.93. The quantitative estimate of drug-likeness (QED) is 0.790. The van der Waals surface area contributed by atoms with E-state index in [1.807, 2.05) is 24.5 Å². The standard InChI is InChI=1S/C15H22N4O/c1-3-14(19-11-10-18-15(19)4-1)17-7-2-12-20-13-5-8-16-9-6-13/h1,3-4,10-11,13,16-17H,2,5-9,12H2. The fourth-order valence-corrected chi connectivity index (χ4v) is 2.59. The van der Waals surface area contributed by atoms with Crippen molar-refractivity contribution in [2.45, 2.75) is 25.4 Å². The molecule has 0 amide bonds. The van der Waals surface area contributed by atoms with Gasteiger partial charge in [-0.1, -0.05) is 6.07 Å². The molecule has 2 aromatic rings. The topological polar surface area (TPSA) is 50.6 Å². The Balaban J connectivity index is 1.40. The number of pyridine rings is 1. The summed E-state index contributed by atoms with van der Waals surface area (Å²) in [7, 11) is 0. The highest BCUT2D eigenvalue weighted by molar-refractivity contribution is 5.49. The van der Waals surface area contributed by atoms with Gasteiger partial charge in [0.1, 0.15) is 11.5 Å². The van der Waals surface area contributed by atoms with E-state index in [1.165, 1.54) is 0 Å². The Hall–Kier alpha value is -1.59. The monoisotopic (exact) mass is 274 g/mol. The molecule has 108 valence electrons. The first-order valence-electron chi connectivity index (χ1n) is 7.42. The van der Waals surface area contributed by atoms with Crippen LogP contribution in [0.3, 0.4) is 0 Å². The van der Waals surface area contributed by atoms with Crippen molar-refractivity contribution in [2.75, 3.05) is 31.6 Å². The van der Waals surface area contributed by atoms with Crippen molar-refractivity contribution in [3.63, 3.8) is 0 Å². The Morgan fingerprint density at radius 2 is 2.25 bits per heavy atom. The van der Waals surface area contributed by atoms with Crippen LogP contribution in [-0.2, 0) is 4.74 Å². The summed E-state index contributed by atoms with van der Waals surface area (Å²) < 4.78 is 7.96. The molecule has 3 heterocycles. The van der Waals surface area contributed by atoms with Gasteiger partial charge in [-0.15, -0.1) is 0 Å². The number of imidazole rings is 1. The first-order chi connectivity index (χ1) is 9.93. The third kappa shape index (κ3) is 3.29. The summed E-state index contributed by atoms with van der Waals surface area (Å²) in [6.07, 6.45) is 7.55. The van der Waals surface area contributed by atoms with Crippen LogP contribution < -0.4 is 10.6 Å². The highest BCUT2D eigenvalue weighted by Crippen LogP contribution is 2.11. The van der Waals surface area contributed by atoms with Gasteiger partial charge in [0.2, 0.25) is 0 Å². The second-order valence-corrected chi connectivity index (χ2v) is 5.17. The normalized spacial score (nSPS) is 16.6. The molecule has 5 nitrogen and oxygen atoms in total. The van der Waals surface area contributed by atoms with Crippen molar-refractivity contribution in [1.29, 1.82) is 0 Å². The van der Waals surface area contributed by atoms with Gasteiger partial charge < -0.3 is 15.4 Å². The van der Waals surface area contributed by atoms with E-state index in [9.17, 15) is 0 Å². The number of aromatic nitrogens is 2. The lowest BCUT2D eigenvalue weighted by Gasteiger charge is -2.22. The number of fused-ring (bicyclic) bond motifs is 1. The lowest BCUT2D eigenvalue weighted by Crippen LogP contribution is -2.32. The van der Waals surface area contributed by atoms with E-state index in [4.69, 9.17) is 4.74 Å². The van der Waals surface area contributed by atoms with E-state index < -0.39 is 0 Å². The molecule has 1 saturated heterocycles. The van der Waals surface area contributed by atoms with Gasteiger partial charge in [0, 0.05) is 25.5 Å². The molecule has 1 fully saturated rings. The van der Waals surface area contributed by atoms with Crippen molar-refractivity contribution in [1.82, 2.24) is 14.7 Å². The first-order valence-corrected chi connectivity index (χ1v) is 7.42. The van der Waals surface area contributed by atoms with Crippen molar-refractivity contribution in [2.24, 2.45) is 0 Å². The van der Waals surface area contributed by atoms with Gasteiger partial charge in [-0.25, -0.2) is 4.98 Å². The molecular weight excluding hydrogens is 252 g/mol. The van der Waals surface area contributed by atoms with Crippen LogP contribution in [0.25, 0.3) is 5.65 Å². The maximum absolute atomic E-state index is 5.89. The number of anilines is 1. The largest absolute Gasteiger partial charge is 0.378 e. The minimum Gasteiger partial charge on any atom is -0.378 e. The molecule has 0 saturated carbocycles. The van der Waals surface area contributed by atoms with E-state index in [2.05, 4.69) is 26.1 Å². The van der Waals surface area contributed by atoms with Crippen molar-refractivity contribution in [3.05, 3.63) is 30.6 Å². The van der Waals surface area contributed by atoms with Gasteiger partial charge >= 0.3 is 0 Å². The number of ether oxygens (including phenoxy) is 1. The highest BCUT2D eigenvalue weighted by Gasteiger charge is 2.12. The predicted octanol–water partition coefficient (Wildman–Crippen LogP) is 1.90. The van der Waals surface area contributed by atoms with Gasteiger partial charge in [-0.2, -0.15) is 0 Å². The van der Waals surface area contributed by atoms with Crippen LogP contribution in [0.5, 0.6) is 0 Å². The molecule has 3 rings (SSSR count). The zero-order chi connectivity index (χ0) is 13.6. The molecule has 2 N–H and O–H groups in total. The molecule has 0 bridgehead atoms. The van der Waals surface area contributed by atoms with Crippen LogP contribution in [-0.4, -0.2) is 41.7 Å². The average Bonchev–Trinajstić information content (AvgIpc) is 2.97. The van der Waals surface area contributed by atoms with Crippen LogP contribution in [0.4, 0.5) is 5.82 Å². The lowest BCUT2D eigenvalue weighted by atomic mass is 10.1. The van der Waals surface area contributed by atoms with Gasteiger partial charge in [0.05, 0.1) is 6.10 Å². The van der Waals surface area contributed by atoms with Crippen LogP contribution in [0.2, 0.25) is 0 Å². The Kier molecular flexibility index (Phi) is 4.50.